The van der Waals surface area contributed by atoms with E-state index < -0.39 is 0 Å². The molecule has 2 heterocycles. The van der Waals surface area contributed by atoms with Gasteiger partial charge >= 0.3 is 0 Å². The molecule has 6 rings (SSSR count). The van der Waals surface area contributed by atoms with Crippen molar-refractivity contribution in [3.63, 3.8) is 0 Å². The van der Waals surface area contributed by atoms with E-state index in [4.69, 9.17) is 4.74 Å². The van der Waals surface area contributed by atoms with Crippen LogP contribution in [0.1, 0.15) is 26.3 Å². The molecule has 40 heavy (non-hydrogen) atoms. The highest BCUT2D eigenvalue weighted by molar-refractivity contribution is 6.09. The number of morpholine rings is 1. The van der Waals surface area contributed by atoms with Crippen LogP contribution in [-0.2, 0) is 4.74 Å². The van der Waals surface area contributed by atoms with Crippen LogP contribution in [0, 0.1) is 6.92 Å². The van der Waals surface area contributed by atoms with Crippen LogP contribution in [0.4, 0.5) is 17.1 Å². The molecule has 1 aliphatic heterocycles. The van der Waals surface area contributed by atoms with Gasteiger partial charge in [-0.1, -0.05) is 30.3 Å². The summed E-state index contributed by atoms with van der Waals surface area (Å²) in [6, 6.07) is 28.8. The summed E-state index contributed by atoms with van der Waals surface area (Å²) in [6.07, 6.45) is 1.86. The van der Waals surface area contributed by atoms with Gasteiger partial charge in [-0.25, -0.2) is 0 Å². The Morgan fingerprint density at radius 1 is 0.800 bits per heavy atom. The summed E-state index contributed by atoms with van der Waals surface area (Å²) < 4.78 is 5.43. The van der Waals surface area contributed by atoms with Gasteiger partial charge in [-0.15, -0.1) is 0 Å². The standard InChI is InChI=1S/C33H30N4O3/c1-22-5-6-26(33(39)35-27-11-13-28(14-12-27)37-17-19-40-20-18-37)21-29(22)23-7-9-25(10-8-23)32(38)36-30-4-2-3-24-15-16-34-31(24)30/h2-16,21,34H,17-20H2,1H3,(H,35,39)(H,36,38). The summed E-state index contributed by atoms with van der Waals surface area (Å²) in [5.74, 6) is -0.354. The number of aromatic nitrogens is 1. The van der Waals surface area contributed by atoms with E-state index in [0.717, 1.165) is 71.0 Å². The molecule has 0 bridgehead atoms. The van der Waals surface area contributed by atoms with Gasteiger partial charge in [-0.2, -0.15) is 0 Å². The van der Waals surface area contributed by atoms with E-state index in [0.29, 0.717) is 11.1 Å². The number of aromatic amines is 1. The largest absolute Gasteiger partial charge is 0.378 e. The van der Waals surface area contributed by atoms with Crippen molar-refractivity contribution >= 4 is 39.8 Å². The molecule has 1 aliphatic rings. The minimum atomic E-state index is -0.182. The maximum atomic E-state index is 13.1. The fourth-order valence-electron chi connectivity index (χ4n) is 5.04. The van der Waals surface area contributed by atoms with E-state index in [1.807, 2.05) is 104 Å². The molecular formula is C33H30N4O3. The lowest BCUT2D eigenvalue weighted by molar-refractivity contribution is 0.101. The second-order valence-electron chi connectivity index (χ2n) is 9.91. The highest BCUT2D eigenvalue weighted by atomic mass is 16.5. The molecule has 0 unspecified atom stereocenters. The normalized spacial score (nSPS) is 13.3. The molecule has 1 fully saturated rings. The molecule has 200 valence electrons. The molecule has 0 aliphatic carbocycles. The van der Waals surface area contributed by atoms with Gasteiger partial charge in [0.25, 0.3) is 11.8 Å². The SMILES string of the molecule is Cc1ccc(C(=O)Nc2ccc(N3CCOCC3)cc2)cc1-c1ccc(C(=O)Nc2cccc3cc[nH]c23)cc1. The number of anilines is 3. The summed E-state index contributed by atoms with van der Waals surface area (Å²) in [7, 11) is 0. The Labute approximate surface area is 232 Å². The fraction of sp³-hybridized carbons (Fsp3) is 0.152. The third-order valence-corrected chi connectivity index (χ3v) is 7.29. The van der Waals surface area contributed by atoms with Crippen molar-refractivity contribution in [2.24, 2.45) is 0 Å². The molecule has 7 nitrogen and oxygen atoms in total. The van der Waals surface area contributed by atoms with Crippen LogP contribution in [-0.4, -0.2) is 43.1 Å². The van der Waals surface area contributed by atoms with Crippen LogP contribution in [0.2, 0.25) is 0 Å². The van der Waals surface area contributed by atoms with E-state index in [9.17, 15) is 9.59 Å². The van der Waals surface area contributed by atoms with E-state index >= 15 is 0 Å². The van der Waals surface area contributed by atoms with Crippen molar-refractivity contribution in [3.8, 4) is 11.1 Å². The molecule has 2 amide bonds. The molecule has 0 spiro atoms. The Morgan fingerprint density at radius 3 is 2.30 bits per heavy atom. The lowest BCUT2D eigenvalue weighted by Gasteiger charge is -2.28. The van der Waals surface area contributed by atoms with Gasteiger partial charge in [0.1, 0.15) is 0 Å². The Kier molecular flexibility index (Phi) is 7.04. The highest BCUT2D eigenvalue weighted by Gasteiger charge is 2.14. The van der Waals surface area contributed by atoms with E-state index in [2.05, 4.69) is 20.5 Å². The number of aryl methyl sites for hydroxylation is 1. The van der Waals surface area contributed by atoms with Crippen LogP contribution >= 0.6 is 0 Å². The van der Waals surface area contributed by atoms with Gasteiger partial charge in [0.05, 0.1) is 24.4 Å². The first kappa shape index (κ1) is 25.4. The number of nitrogens with zero attached hydrogens (tertiary/aromatic N) is 1. The quantitative estimate of drug-likeness (QED) is 0.234. The van der Waals surface area contributed by atoms with E-state index in [1.54, 1.807) is 0 Å². The van der Waals surface area contributed by atoms with Crippen molar-refractivity contribution in [3.05, 3.63) is 114 Å². The summed E-state index contributed by atoms with van der Waals surface area (Å²) in [5.41, 5.74) is 7.55. The first-order chi connectivity index (χ1) is 19.5. The van der Waals surface area contributed by atoms with Crippen molar-refractivity contribution in [1.29, 1.82) is 0 Å². The molecule has 7 heteroatoms. The minimum absolute atomic E-state index is 0.171. The predicted molar refractivity (Wildman–Crippen MR) is 160 cm³/mol. The number of benzene rings is 4. The zero-order chi connectivity index (χ0) is 27.5. The van der Waals surface area contributed by atoms with Crippen molar-refractivity contribution in [1.82, 2.24) is 4.98 Å². The maximum Gasteiger partial charge on any atom is 0.255 e. The minimum Gasteiger partial charge on any atom is -0.378 e. The van der Waals surface area contributed by atoms with E-state index in [-0.39, 0.29) is 11.8 Å². The molecule has 0 radical (unpaired) electrons. The molecule has 3 N–H and O–H groups in total. The average Bonchev–Trinajstić information content (AvgIpc) is 3.48. The molecule has 1 saturated heterocycles. The van der Waals surface area contributed by atoms with Gasteiger partial charge in [0.2, 0.25) is 0 Å². The Bertz CT molecular complexity index is 1670. The summed E-state index contributed by atoms with van der Waals surface area (Å²) in [6.45, 7) is 5.21. The predicted octanol–water partition coefficient (Wildman–Crippen LogP) is 6.48. The fourth-order valence-corrected chi connectivity index (χ4v) is 5.04. The molecule has 0 saturated carbocycles. The number of rotatable bonds is 6. The molecule has 1 aromatic heterocycles. The van der Waals surface area contributed by atoms with Crippen LogP contribution in [0.3, 0.4) is 0 Å². The number of fused-ring (bicyclic) bond motifs is 1. The summed E-state index contributed by atoms with van der Waals surface area (Å²) >= 11 is 0. The zero-order valence-corrected chi connectivity index (χ0v) is 22.2. The zero-order valence-electron chi connectivity index (χ0n) is 22.2. The monoisotopic (exact) mass is 530 g/mol. The van der Waals surface area contributed by atoms with Crippen LogP contribution < -0.4 is 15.5 Å². The van der Waals surface area contributed by atoms with Gasteiger partial charge in [0.15, 0.2) is 0 Å². The molecule has 5 aromatic rings. The first-order valence-corrected chi connectivity index (χ1v) is 13.4. The van der Waals surface area contributed by atoms with Crippen molar-refractivity contribution in [2.45, 2.75) is 6.92 Å². The number of H-pyrrole nitrogens is 1. The van der Waals surface area contributed by atoms with Gasteiger partial charge in [-0.05, 0) is 84.3 Å². The third-order valence-electron chi connectivity index (χ3n) is 7.29. The number of amides is 2. The smallest absolute Gasteiger partial charge is 0.255 e. The average molecular weight is 531 g/mol. The topological polar surface area (TPSA) is 86.5 Å². The number of carbonyl (C=O) groups is 2. The van der Waals surface area contributed by atoms with Gasteiger partial charge in [-0.3, -0.25) is 9.59 Å². The molecule has 0 atom stereocenters. The summed E-state index contributed by atoms with van der Waals surface area (Å²) in [4.78, 5) is 31.5. The number of para-hydroxylation sites is 1. The number of hydrogen-bond acceptors (Lipinski definition) is 4. The number of nitrogens with one attached hydrogen (secondary N) is 3. The molecule has 4 aromatic carbocycles. The van der Waals surface area contributed by atoms with Gasteiger partial charge < -0.3 is 25.3 Å². The maximum absolute atomic E-state index is 13.1. The Balaban J connectivity index is 1.15. The third kappa shape index (κ3) is 5.32. The second kappa shape index (κ2) is 11.1. The summed E-state index contributed by atoms with van der Waals surface area (Å²) in [5, 5.41) is 7.04. The van der Waals surface area contributed by atoms with E-state index in [1.165, 1.54) is 0 Å². The van der Waals surface area contributed by atoms with Crippen LogP contribution in [0.5, 0.6) is 0 Å². The van der Waals surface area contributed by atoms with Gasteiger partial charge in [0, 0.05) is 47.2 Å². The lowest BCUT2D eigenvalue weighted by atomic mass is 9.97. The van der Waals surface area contributed by atoms with Crippen molar-refractivity contribution < 1.29 is 14.3 Å². The van der Waals surface area contributed by atoms with Crippen LogP contribution in [0.25, 0.3) is 22.0 Å². The number of ether oxygens (including phenoxy) is 1. The second-order valence-corrected chi connectivity index (χ2v) is 9.91. The number of hydrogen-bond donors (Lipinski definition) is 3. The first-order valence-electron chi connectivity index (χ1n) is 13.4. The Hall–Kier alpha value is -4.88. The number of carbonyl (C=O) groups excluding carboxylic acids is 2. The Morgan fingerprint density at radius 2 is 1.52 bits per heavy atom. The molecular weight excluding hydrogens is 500 g/mol. The van der Waals surface area contributed by atoms with Crippen LogP contribution in [0.15, 0.2) is 97.2 Å². The highest BCUT2D eigenvalue weighted by Crippen LogP contribution is 2.27. The van der Waals surface area contributed by atoms with Crippen molar-refractivity contribution in [2.75, 3.05) is 41.8 Å². The lowest BCUT2D eigenvalue weighted by Crippen LogP contribution is -2.36.